The van der Waals surface area contributed by atoms with Gasteiger partial charge >= 0.3 is 5.97 Å². The van der Waals surface area contributed by atoms with E-state index in [-0.39, 0.29) is 24.5 Å². The lowest BCUT2D eigenvalue weighted by Crippen LogP contribution is -2.43. The molecule has 0 saturated heterocycles. The summed E-state index contributed by atoms with van der Waals surface area (Å²) in [5.74, 6) is 0.00130. The molecule has 2 aromatic heterocycles. The van der Waals surface area contributed by atoms with E-state index in [2.05, 4.69) is 45.8 Å². The molecular formula is C29H31N5O3. The van der Waals surface area contributed by atoms with Crippen molar-refractivity contribution in [1.82, 2.24) is 20.1 Å². The van der Waals surface area contributed by atoms with E-state index in [0.717, 1.165) is 40.0 Å². The second-order valence-electron chi connectivity index (χ2n) is 9.53. The second kappa shape index (κ2) is 10.8. The number of fused-ring (bicyclic) bond motifs is 1. The van der Waals surface area contributed by atoms with Crippen molar-refractivity contribution in [3.05, 3.63) is 95.9 Å². The number of nitrogens with zero attached hydrogens (tertiary/aromatic N) is 3. The normalized spacial score (nSPS) is 16.2. The number of aromatic nitrogens is 3. The molecule has 0 bridgehead atoms. The van der Waals surface area contributed by atoms with Crippen LogP contribution in [-0.4, -0.2) is 45.0 Å². The van der Waals surface area contributed by atoms with E-state index >= 15 is 0 Å². The molecule has 0 saturated carbocycles. The first-order chi connectivity index (χ1) is 18.0. The smallest absolute Gasteiger partial charge is 0.307 e. The van der Waals surface area contributed by atoms with E-state index in [1.807, 2.05) is 68.1 Å². The third kappa shape index (κ3) is 5.81. The maximum atomic E-state index is 11.0. The summed E-state index contributed by atoms with van der Waals surface area (Å²) < 4.78 is 8.20. The second-order valence-corrected chi connectivity index (χ2v) is 9.53. The quantitative estimate of drug-likeness (QED) is 0.315. The minimum atomic E-state index is -0.821. The molecule has 8 heteroatoms. The number of rotatable bonds is 9. The topological polar surface area (TPSA) is 101 Å². The number of carboxylic acid groups (broad SMARTS) is 1. The number of carboxylic acids is 1. The lowest BCUT2D eigenvalue weighted by molar-refractivity contribution is -0.136. The molecule has 5 rings (SSSR count). The Morgan fingerprint density at radius 1 is 1.14 bits per heavy atom. The first kappa shape index (κ1) is 24.5. The van der Waals surface area contributed by atoms with Crippen molar-refractivity contribution >= 4 is 11.7 Å². The number of benzene rings is 2. The number of carbonyl (C=O) groups is 1. The fourth-order valence-electron chi connectivity index (χ4n) is 4.67. The molecule has 0 amide bonds. The number of pyridine rings is 1. The van der Waals surface area contributed by atoms with E-state index in [0.29, 0.717) is 12.4 Å². The highest BCUT2D eigenvalue weighted by molar-refractivity contribution is 5.70. The summed E-state index contributed by atoms with van der Waals surface area (Å²) in [6, 6.07) is 20.1. The molecule has 0 fully saturated rings. The molecule has 0 unspecified atom stereocenters. The van der Waals surface area contributed by atoms with Gasteiger partial charge in [0.2, 0.25) is 5.88 Å². The van der Waals surface area contributed by atoms with Gasteiger partial charge in [-0.2, -0.15) is 5.10 Å². The molecule has 0 radical (unpaired) electrons. The number of anilines is 1. The van der Waals surface area contributed by atoms with Gasteiger partial charge in [0.25, 0.3) is 0 Å². The lowest BCUT2D eigenvalue weighted by Gasteiger charge is -2.34. The van der Waals surface area contributed by atoms with Crippen LogP contribution in [0.4, 0.5) is 5.69 Å². The van der Waals surface area contributed by atoms with Crippen LogP contribution in [0.3, 0.4) is 0 Å². The van der Waals surface area contributed by atoms with Gasteiger partial charge in [-0.15, -0.1) is 0 Å². The van der Waals surface area contributed by atoms with E-state index in [4.69, 9.17) is 9.84 Å². The number of aryl methyl sites for hydroxylation is 1. The number of hydrogen-bond acceptors (Lipinski definition) is 6. The highest BCUT2D eigenvalue weighted by Crippen LogP contribution is 2.34. The molecule has 3 heterocycles. The zero-order valence-corrected chi connectivity index (χ0v) is 21.0. The molecule has 0 spiro atoms. The number of aliphatic carboxylic acids is 1. The Balaban J connectivity index is 1.30. The van der Waals surface area contributed by atoms with Gasteiger partial charge in [0.05, 0.1) is 30.9 Å². The zero-order chi connectivity index (χ0) is 25.8. The predicted octanol–water partition coefficient (Wildman–Crippen LogP) is 4.42. The highest BCUT2D eigenvalue weighted by atomic mass is 16.5. The molecule has 190 valence electrons. The van der Waals surface area contributed by atoms with Crippen molar-refractivity contribution in [2.45, 2.75) is 31.4 Å². The summed E-state index contributed by atoms with van der Waals surface area (Å²) in [6.07, 6.45) is 5.49. The molecule has 3 atom stereocenters. The maximum Gasteiger partial charge on any atom is 0.307 e. The van der Waals surface area contributed by atoms with Crippen LogP contribution >= 0.6 is 0 Å². The molecule has 3 N–H and O–H groups in total. The Bertz CT molecular complexity index is 1350. The first-order valence-electron chi connectivity index (χ1n) is 12.4. The van der Waals surface area contributed by atoms with Crippen molar-refractivity contribution < 1.29 is 14.6 Å². The average Bonchev–Trinajstić information content (AvgIpc) is 3.35. The predicted molar refractivity (Wildman–Crippen MR) is 143 cm³/mol. The molecular weight excluding hydrogens is 466 g/mol. The van der Waals surface area contributed by atoms with Gasteiger partial charge < -0.3 is 20.5 Å². The summed E-state index contributed by atoms with van der Waals surface area (Å²) in [7, 11) is 1.90. The molecule has 37 heavy (non-hydrogen) atoms. The third-order valence-corrected chi connectivity index (χ3v) is 6.72. The van der Waals surface area contributed by atoms with E-state index < -0.39 is 5.97 Å². The summed E-state index contributed by atoms with van der Waals surface area (Å²) in [5.41, 5.74) is 5.98. The van der Waals surface area contributed by atoms with Crippen LogP contribution in [0.15, 0.2) is 79.3 Å². The van der Waals surface area contributed by atoms with E-state index in [9.17, 15) is 4.79 Å². The first-order valence-corrected chi connectivity index (χ1v) is 12.4. The summed E-state index contributed by atoms with van der Waals surface area (Å²) in [5, 5.41) is 20.5. The summed E-state index contributed by atoms with van der Waals surface area (Å²) in [4.78, 5) is 15.6. The van der Waals surface area contributed by atoms with E-state index in [1.54, 1.807) is 4.68 Å². The van der Waals surface area contributed by atoms with Gasteiger partial charge in [-0.1, -0.05) is 61.5 Å². The Morgan fingerprint density at radius 3 is 2.62 bits per heavy atom. The summed E-state index contributed by atoms with van der Waals surface area (Å²) in [6.45, 7) is 3.53. The van der Waals surface area contributed by atoms with Gasteiger partial charge in [0.15, 0.2) is 0 Å². The van der Waals surface area contributed by atoms with Gasteiger partial charge in [-0.25, -0.2) is 4.98 Å². The molecule has 1 aliphatic rings. The molecule has 8 nitrogen and oxygen atoms in total. The Hall–Kier alpha value is -4.17. The fourth-order valence-corrected chi connectivity index (χ4v) is 4.67. The highest BCUT2D eigenvalue weighted by Gasteiger charge is 2.30. The SMILES string of the molecule is C[C@@H](CN[C@H](c1ccccc1)[C@@H]1CNc2cc(-c3cnn(C)c3)cnc2O1)c1ccc(CC(=O)O)cc1. The number of nitrogens with one attached hydrogen (secondary N) is 2. The third-order valence-electron chi connectivity index (χ3n) is 6.72. The van der Waals surface area contributed by atoms with Crippen LogP contribution in [0.25, 0.3) is 11.1 Å². The van der Waals surface area contributed by atoms with Gasteiger partial charge in [0.1, 0.15) is 6.10 Å². The fraction of sp³-hybridized carbons (Fsp3) is 0.276. The minimum Gasteiger partial charge on any atom is -0.481 e. The van der Waals surface area contributed by atoms with Crippen LogP contribution in [0, 0.1) is 0 Å². The average molecular weight is 498 g/mol. The Kier molecular flexibility index (Phi) is 7.18. The van der Waals surface area contributed by atoms with Gasteiger partial charge in [0, 0.05) is 37.1 Å². The van der Waals surface area contributed by atoms with E-state index in [1.165, 1.54) is 0 Å². The van der Waals surface area contributed by atoms with Crippen molar-refractivity contribution in [1.29, 1.82) is 0 Å². The monoisotopic (exact) mass is 497 g/mol. The van der Waals surface area contributed by atoms with Gasteiger partial charge in [-0.05, 0) is 28.7 Å². The van der Waals surface area contributed by atoms with Crippen LogP contribution in [0.2, 0.25) is 0 Å². The molecule has 2 aromatic carbocycles. The minimum absolute atomic E-state index is 0.0360. The number of hydrogen-bond donors (Lipinski definition) is 3. The Morgan fingerprint density at radius 2 is 1.92 bits per heavy atom. The molecule has 4 aromatic rings. The maximum absolute atomic E-state index is 11.0. The van der Waals surface area contributed by atoms with Gasteiger partial charge in [-0.3, -0.25) is 9.48 Å². The zero-order valence-electron chi connectivity index (χ0n) is 21.0. The standard InChI is InChI=1S/C29H31N5O3/c1-19(21-10-8-20(9-11-21)12-27(35)36)14-31-28(22-6-4-3-5-7-22)26-17-30-25-13-23(15-32-29(25)37-26)24-16-33-34(2)18-24/h3-11,13,15-16,18-19,26,28,30-31H,12,14,17H2,1-2H3,(H,35,36)/t19-,26-,28+/m0/s1. The van der Waals surface area contributed by atoms with Crippen LogP contribution in [0.1, 0.15) is 35.6 Å². The van der Waals surface area contributed by atoms with Crippen LogP contribution < -0.4 is 15.4 Å². The number of ether oxygens (including phenoxy) is 1. The molecule has 1 aliphatic heterocycles. The van der Waals surface area contributed by atoms with Crippen LogP contribution in [0.5, 0.6) is 5.88 Å². The van der Waals surface area contributed by atoms with Crippen molar-refractivity contribution in [2.24, 2.45) is 7.05 Å². The summed E-state index contributed by atoms with van der Waals surface area (Å²) >= 11 is 0. The lowest BCUT2D eigenvalue weighted by atomic mass is 9.96. The Labute approximate surface area is 216 Å². The molecule has 0 aliphatic carbocycles. The largest absolute Gasteiger partial charge is 0.481 e. The van der Waals surface area contributed by atoms with Crippen molar-refractivity contribution in [3.63, 3.8) is 0 Å². The van der Waals surface area contributed by atoms with Crippen LogP contribution in [-0.2, 0) is 18.3 Å². The van der Waals surface area contributed by atoms with Crippen molar-refractivity contribution in [2.75, 3.05) is 18.4 Å². The van der Waals surface area contributed by atoms with Crippen molar-refractivity contribution in [3.8, 4) is 17.0 Å².